The SMILES string of the molecule is CNCC(=O)N1CCN(Cc2cc(F)ccc2OC)CC1. The van der Waals surface area contributed by atoms with E-state index < -0.39 is 0 Å². The molecule has 0 saturated carbocycles. The molecular weight excluding hydrogens is 273 g/mol. The monoisotopic (exact) mass is 295 g/mol. The lowest BCUT2D eigenvalue weighted by molar-refractivity contribution is -0.131. The third-order valence-corrected chi connectivity index (χ3v) is 3.69. The van der Waals surface area contributed by atoms with Crippen LogP contribution in [0.2, 0.25) is 0 Å². The van der Waals surface area contributed by atoms with Crippen molar-refractivity contribution in [2.45, 2.75) is 6.54 Å². The van der Waals surface area contributed by atoms with Crippen molar-refractivity contribution < 1.29 is 13.9 Å². The predicted octanol–water partition coefficient (Wildman–Crippen LogP) is 0.698. The molecule has 0 atom stereocenters. The maximum absolute atomic E-state index is 13.4. The number of nitrogens with zero attached hydrogens (tertiary/aromatic N) is 2. The molecule has 1 N–H and O–H groups in total. The summed E-state index contributed by atoms with van der Waals surface area (Å²) >= 11 is 0. The first-order chi connectivity index (χ1) is 10.1. The minimum absolute atomic E-state index is 0.125. The van der Waals surface area contributed by atoms with Gasteiger partial charge in [-0.3, -0.25) is 9.69 Å². The first-order valence-corrected chi connectivity index (χ1v) is 7.11. The van der Waals surface area contributed by atoms with Gasteiger partial charge >= 0.3 is 0 Å². The lowest BCUT2D eigenvalue weighted by Crippen LogP contribution is -2.50. The summed E-state index contributed by atoms with van der Waals surface area (Å²) in [6.45, 7) is 3.99. The molecule has 0 unspecified atom stereocenters. The van der Waals surface area contributed by atoms with E-state index in [0.29, 0.717) is 31.9 Å². The average molecular weight is 295 g/mol. The van der Waals surface area contributed by atoms with Gasteiger partial charge in [0.25, 0.3) is 0 Å². The first-order valence-electron chi connectivity index (χ1n) is 7.11. The quantitative estimate of drug-likeness (QED) is 0.868. The van der Waals surface area contributed by atoms with Crippen molar-refractivity contribution >= 4 is 5.91 Å². The van der Waals surface area contributed by atoms with Gasteiger partial charge in [-0.05, 0) is 25.2 Å². The van der Waals surface area contributed by atoms with Crippen molar-refractivity contribution in [2.75, 3.05) is 46.9 Å². The Morgan fingerprint density at radius 2 is 2.05 bits per heavy atom. The summed E-state index contributed by atoms with van der Waals surface area (Å²) in [4.78, 5) is 15.8. The fourth-order valence-corrected chi connectivity index (χ4v) is 2.53. The zero-order valence-electron chi connectivity index (χ0n) is 12.6. The number of benzene rings is 1. The molecule has 5 nitrogen and oxygen atoms in total. The molecule has 0 aromatic heterocycles. The molecule has 0 aliphatic carbocycles. The normalized spacial score (nSPS) is 16.0. The Balaban J connectivity index is 1.92. The molecule has 1 saturated heterocycles. The molecule has 1 amide bonds. The van der Waals surface area contributed by atoms with E-state index in [1.54, 1.807) is 20.2 Å². The van der Waals surface area contributed by atoms with E-state index in [1.807, 2.05) is 4.90 Å². The topological polar surface area (TPSA) is 44.8 Å². The van der Waals surface area contributed by atoms with E-state index in [1.165, 1.54) is 12.1 Å². The van der Waals surface area contributed by atoms with Gasteiger partial charge in [-0.15, -0.1) is 0 Å². The number of hydrogen-bond acceptors (Lipinski definition) is 4. The third kappa shape index (κ3) is 4.15. The third-order valence-electron chi connectivity index (χ3n) is 3.69. The molecule has 21 heavy (non-hydrogen) atoms. The summed E-state index contributed by atoms with van der Waals surface area (Å²) in [6, 6.07) is 4.56. The molecule has 1 aromatic carbocycles. The standard InChI is InChI=1S/C15H22FN3O2/c1-17-10-15(20)19-7-5-18(6-8-19)11-12-9-13(16)3-4-14(12)21-2/h3-4,9,17H,5-8,10-11H2,1-2H3. The number of hydrogen-bond donors (Lipinski definition) is 1. The largest absolute Gasteiger partial charge is 0.496 e. The summed E-state index contributed by atoms with van der Waals surface area (Å²) < 4.78 is 18.6. The molecule has 2 rings (SSSR count). The Labute approximate surface area is 124 Å². The van der Waals surface area contributed by atoms with E-state index in [9.17, 15) is 9.18 Å². The van der Waals surface area contributed by atoms with Crippen LogP contribution in [0.4, 0.5) is 4.39 Å². The Bertz CT molecular complexity index is 488. The minimum Gasteiger partial charge on any atom is -0.496 e. The molecular formula is C15H22FN3O2. The van der Waals surface area contributed by atoms with Crippen LogP contribution in [0.25, 0.3) is 0 Å². The number of amides is 1. The van der Waals surface area contributed by atoms with Gasteiger partial charge < -0.3 is 15.0 Å². The Morgan fingerprint density at radius 3 is 2.67 bits per heavy atom. The van der Waals surface area contributed by atoms with Crippen molar-refractivity contribution in [3.8, 4) is 5.75 Å². The molecule has 1 aliphatic rings. The number of rotatable bonds is 5. The Hall–Kier alpha value is -1.66. The minimum atomic E-state index is -0.256. The number of carbonyl (C=O) groups excluding carboxylic acids is 1. The number of piperazine rings is 1. The van der Waals surface area contributed by atoms with Gasteiger partial charge in [-0.1, -0.05) is 0 Å². The van der Waals surface area contributed by atoms with Crippen LogP contribution in [0.3, 0.4) is 0 Å². The van der Waals surface area contributed by atoms with Crippen LogP contribution in [0, 0.1) is 5.82 Å². The highest BCUT2D eigenvalue weighted by atomic mass is 19.1. The zero-order valence-corrected chi connectivity index (χ0v) is 12.6. The van der Waals surface area contributed by atoms with Crippen molar-refractivity contribution in [1.29, 1.82) is 0 Å². The second-order valence-electron chi connectivity index (χ2n) is 5.14. The number of likely N-dealkylation sites (N-methyl/N-ethyl adjacent to an activating group) is 1. The number of ether oxygens (including phenoxy) is 1. The Kier molecular flexibility index (Phi) is 5.52. The summed E-state index contributed by atoms with van der Waals surface area (Å²) in [7, 11) is 3.36. The van der Waals surface area contributed by atoms with Gasteiger partial charge in [0.05, 0.1) is 13.7 Å². The number of nitrogens with one attached hydrogen (secondary N) is 1. The highest BCUT2D eigenvalue weighted by Crippen LogP contribution is 2.21. The molecule has 0 radical (unpaired) electrons. The smallest absolute Gasteiger partial charge is 0.236 e. The van der Waals surface area contributed by atoms with Crippen LogP contribution in [0.1, 0.15) is 5.56 Å². The van der Waals surface area contributed by atoms with Gasteiger partial charge in [0.15, 0.2) is 0 Å². The molecule has 1 heterocycles. The molecule has 0 bridgehead atoms. The highest BCUT2D eigenvalue weighted by Gasteiger charge is 2.21. The summed E-state index contributed by atoms with van der Waals surface area (Å²) in [5.74, 6) is 0.569. The lowest BCUT2D eigenvalue weighted by Gasteiger charge is -2.35. The molecule has 1 aliphatic heterocycles. The fraction of sp³-hybridized carbons (Fsp3) is 0.533. The van der Waals surface area contributed by atoms with E-state index in [2.05, 4.69) is 10.2 Å². The van der Waals surface area contributed by atoms with Crippen molar-refractivity contribution in [3.05, 3.63) is 29.6 Å². The van der Waals surface area contributed by atoms with Gasteiger partial charge in [-0.2, -0.15) is 0 Å². The van der Waals surface area contributed by atoms with E-state index in [4.69, 9.17) is 4.74 Å². The van der Waals surface area contributed by atoms with E-state index >= 15 is 0 Å². The molecule has 0 spiro atoms. The molecule has 1 aromatic rings. The summed E-state index contributed by atoms with van der Waals surface area (Å²) in [6.07, 6.45) is 0. The first kappa shape index (κ1) is 15.7. The van der Waals surface area contributed by atoms with E-state index in [-0.39, 0.29) is 11.7 Å². The van der Waals surface area contributed by atoms with Gasteiger partial charge in [0.1, 0.15) is 11.6 Å². The van der Waals surface area contributed by atoms with Crippen LogP contribution >= 0.6 is 0 Å². The second kappa shape index (κ2) is 7.38. The van der Waals surface area contributed by atoms with Crippen LogP contribution in [-0.4, -0.2) is 62.6 Å². The van der Waals surface area contributed by atoms with Crippen LogP contribution < -0.4 is 10.1 Å². The number of carbonyl (C=O) groups is 1. The number of methoxy groups -OCH3 is 1. The fourth-order valence-electron chi connectivity index (χ4n) is 2.53. The Morgan fingerprint density at radius 1 is 1.33 bits per heavy atom. The van der Waals surface area contributed by atoms with Crippen LogP contribution in [0.5, 0.6) is 5.75 Å². The van der Waals surface area contributed by atoms with Crippen LogP contribution in [-0.2, 0) is 11.3 Å². The highest BCUT2D eigenvalue weighted by molar-refractivity contribution is 5.78. The van der Waals surface area contributed by atoms with Crippen molar-refractivity contribution in [2.24, 2.45) is 0 Å². The lowest BCUT2D eigenvalue weighted by atomic mass is 10.1. The zero-order chi connectivity index (χ0) is 15.2. The molecule has 116 valence electrons. The maximum Gasteiger partial charge on any atom is 0.236 e. The van der Waals surface area contributed by atoms with Gasteiger partial charge in [0, 0.05) is 38.3 Å². The van der Waals surface area contributed by atoms with Gasteiger partial charge in [0.2, 0.25) is 5.91 Å². The van der Waals surface area contributed by atoms with Crippen molar-refractivity contribution in [3.63, 3.8) is 0 Å². The van der Waals surface area contributed by atoms with Gasteiger partial charge in [-0.25, -0.2) is 4.39 Å². The van der Waals surface area contributed by atoms with Crippen LogP contribution in [0.15, 0.2) is 18.2 Å². The predicted molar refractivity (Wildman–Crippen MR) is 78.7 cm³/mol. The molecule has 1 fully saturated rings. The van der Waals surface area contributed by atoms with E-state index in [0.717, 1.165) is 18.7 Å². The average Bonchev–Trinajstić information content (AvgIpc) is 2.48. The summed E-state index contributed by atoms with van der Waals surface area (Å²) in [5, 5.41) is 2.87. The maximum atomic E-state index is 13.4. The molecule has 6 heteroatoms. The van der Waals surface area contributed by atoms with Crippen molar-refractivity contribution in [1.82, 2.24) is 15.1 Å². The number of halogens is 1. The second-order valence-corrected chi connectivity index (χ2v) is 5.14. The summed E-state index contributed by atoms with van der Waals surface area (Å²) in [5.41, 5.74) is 0.840.